The lowest BCUT2D eigenvalue weighted by molar-refractivity contribution is 0.625. The molecule has 0 bridgehead atoms. The Hall–Kier alpha value is -1.46. The molecular weight excluding hydrogens is 255 g/mol. The van der Waals surface area contributed by atoms with Gasteiger partial charge in [0.1, 0.15) is 5.82 Å². The number of hydrogen-bond acceptors (Lipinski definition) is 3. The largest absolute Gasteiger partial charge is 0.311 e. The summed E-state index contributed by atoms with van der Waals surface area (Å²) in [5.41, 5.74) is 1.42. The third-order valence-electron chi connectivity index (χ3n) is 2.44. The van der Waals surface area contributed by atoms with E-state index in [4.69, 9.17) is 11.6 Å². The van der Waals surface area contributed by atoms with Gasteiger partial charge < -0.3 is 5.32 Å². The molecule has 0 aliphatic rings. The van der Waals surface area contributed by atoms with Crippen molar-refractivity contribution in [1.82, 2.24) is 20.3 Å². The van der Waals surface area contributed by atoms with E-state index in [9.17, 15) is 4.39 Å². The molecule has 6 heteroatoms. The molecule has 0 unspecified atom stereocenters. The number of nitrogens with one attached hydrogen (secondary N) is 1. The van der Waals surface area contributed by atoms with Crippen LogP contribution in [0.5, 0.6) is 0 Å². The van der Waals surface area contributed by atoms with Gasteiger partial charge in [0.25, 0.3) is 0 Å². The smallest absolute Gasteiger partial charge is 0.143 e. The predicted molar refractivity (Wildman–Crippen MR) is 68.3 cm³/mol. The maximum absolute atomic E-state index is 13.3. The molecule has 18 heavy (non-hydrogen) atoms. The van der Waals surface area contributed by atoms with Crippen LogP contribution < -0.4 is 5.32 Å². The van der Waals surface area contributed by atoms with Gasteiger partial charge in [0.05, 0.1) is 22.6 Å². The van der Waals surface area contributed by atoms with Gasteiger partial charge in [0, 0.05) is 12.6 Å². The minimum atomic E-state index is -0.463. The highest BCUT2D eigenvalue weighted by Gasteiger charge is 2.05. The minimum absolute atomic E-state index is 0.101. The molecule has 0 amide bonds. The normalized spacial score (nSPS) is 10.8. The highest BCUT2D eigenvalue weighted by molar-refractivity contribution is 6.30. The molecule has 2 aromatic rings. The van der Waals surface area contributed by atoms with E-state index in [2.05, 4.69) is 22.6 Å². The molecule has 0 radical (unpaired) electrons. The zero-order chi connectivity index (χ0) is 13.0. The number of aromatic nitrogens is 3. The van der Waals surface area contributed by atoms with Crippen LogP contribution in [0.2, 0.25) is 5.02 Å². The number of hydrogen-bond donors (Lipinski definition) is 1. The third kappa shape index (κ3) is 3.05. The Morgan fingerprint density at radius 3 is 3.00 bits per heavy atom. The zero-order valence-electron chi connectivity index (χ0n) is 10.0. The zero-order valence-corrected chi connectivity index (χ0v) is 10.8. The number of rotatable bonds is 5. The highest BCUT2D eigenvalue weighted by Crippen LogP contribution is 2.17. The molecule has 1 N–H and O–H groups in total. The quantitative estimate of drug-likeness (QED) is 0.848. The van der Waals surface area contributed by atoms with Gasteiger partial charge in [-0.1, -0.05) is 23.7 Å². The Kier molecular flexibility index (Phi) is 4.28. The molecule has 0 spiro atoms. The fourth-order valence-electron chi connectivity index (χ4n) is 1.53. The Morgan fingerprint density at radius 2 is 2.28 bits per heavy atom. The van der Waals surface area contributed by atoms with Gasteiger partial charge in [-0.15, -0.1) is 5.10 Å². The molecule has 0 atom stereocenters. The Morgan fingerprint density at radius 1 is 1.44 bits per heavy atom. The van der Waals surface area contributed by atoms with Gasteiger partial charge in [-0.05, 0) is 25.1 Å². The summed E-state index contributed by atoms with van der Waals surface area (Å²) in [5, 5.41) is 11.3. The van der Waals surface area contributed by atoms with Gasteiger partial charge >= 0.3 is 0 Å². The van der Waals surface area contributed by atoms with Crippen LogP contribution in [0.1, 0.15) is 19.0 Å². The van der Waals surface area contributed by atoms with Crippen molar-refractivity contribution in [3.8, 4) is 5.69 Å². The van der Waals surface area contributed by atoms with E-state index in [-0.39, 0.29) is 5.02 Å². The molecule has 0 aliphatic heterocycles. The summed E-state index contributed by atoms with van der Waals surface area (Å²) >= 11 is 5.63. The molecule has 1 aromatic carbocycles. The average Bonchev–Trinajstić information content (AvgIpc) is 2.82. The molecule has 4 nitrogen and oxygen atoms in total. The van der Waals surface area contributed by atoms with Crippen LogP contribution in [0.4, 0.5) is 4.39 Å². The Balaban J connectivity index is 2.11. The monoisotopic (exact) mass is 268 g/mol. The van der Waals surface area contributed by atoms with Gasteiger partial charge in [-0.3, -0.25) is 0 Å². The second kappa shape index (κ2) is 5.93. The van der Waals surface area contributed by atoms with Crippen LogP contribution in [-0.4, -0.2) is 21.5 Å². The first kappa shape index (κ1) is 13.0. The lowest BCUT2D eigenvalue weighted by atomic mass is 10.3. The van der Waals surface area contributed by atoms with Crippen molar-refractivity contribution >= 4 is 11.6 Å². The first-order valence-corrected chi connectivity index (χ1v) is 6.16. The molecule has 0 saturated carbocycles. The summed E-state index contributed by atoms with van der Waals surface area (Å²) in [6.45, 7) is 3.69. The summed E-state index contributed by atoms with van der Waals surface area (Å²) < 4.78 is 14.8. The maximum Gasteiger partial charge on any atom is 0.143 e. The fraction of sp³-hybridized carbons (Fsp3) is 0.333. The molecule has 0 fully saturated rings. The van der Waals surface area contributed by atoms with Gasteiger partial charge in [-0.2, -0.15) is 0 Å². The van der Waals surface area contributed by atoms with Crippen LogP contribution in [-0.2, 0) is 6.54 Å². The van der Waals surface area contributed by atoms with E-state index in [0.29, 0.717) is 12.2 Å². The standard InChI is InChI=1S/C12H14ClFN4/c1-2-5-15-7-9-8-18(17-16-9)10-3-4-11(13)12(14)6-10/h3-4,6,8,15H,2,5,7H2,1H3. The van der Waals surface area contributed by atoms with E-state index in [1.165, 1.54) is 16.8 Å². The van der Waals surface area contributed by atoms with E-state index < -0.39 is 5.82 Å². The van der Waals surface area contributed by atoms with Crippen molar-refractivity contribution in [2.75, 3.05) is 6.54 Å². The SMILES string of the molecule is CCCNCc1cn(-c2ccc(Cl)c(F)c2)nn1. The first-order valence-electron chi connectivity index (χ1n) is 5.78. The molecule has 96 valence electrons. The lowest BCUT2D eigenvalue weighted by Crippen LogP contribution is -2.13. The van der Waals surface area contributed by atoms with Crippen molar-refractivity contribution < 1.29 is 4.39 Å². The van der Waals surface area contributed by atoms with E-state index in [0.717, 1.165) is 18.7 Å². The summed E-state index contributed by atoms with van der Waals surface area (Å²) in [7, 11) is 0. The minimum Gasteiger partial charge on any atom is -0.311 e. The van der Waals surface area contributed by atoms with E-state index in [1.54, 1.807) is 12.3 Å². The molecular formula is C12H14ClFN4. The van der Waals surface area contributed by atoms with Crippen molar-refractivity contribution in [3.05, 3.63) is 40.9 Å². The fourth-order valence-corrected chi connectivity index (χ4v) is 1.64. The summed E-state index contributed by atoms with van der Waals surface area (Å²) in [4.78, 5) is 0. The van der Waals surface area contributed by atoms with Crippen LogP contribution >= 0.6 is 11.6 Å². The number of halogens is 2. The Labute approximate surface area is 110 Å². The second-order valence-electron chi connectivity index (χ2n) is 3.93. The highest BCUT2D eigenvalue weighted by atomic mass is 35.5. The summed E-state index contributed by atoms with van der Waals surface area (Å²) in [6.07, 6.45) is 2.84. The van der Waals surface area contributed by atoms with E-state index >= 15 is 0 Å². The molecule has 1 aromatic heterocycles. The van der Waals surface area contributed by atoms with E-state index in [1.807, 2.05) is 0 Å². The number of nitrogens with zero attached hydrogens (tertiary/aromatic N) is 3. The number of benzene rings is 1. The second-order valence-corrected chi connectivity index (χ2v) is 4.34. The van der Waals surface area contributed by atoms with Gasteiger partial charge in [0.2, 0.25) is 0 Å². The maximum atomic E-state index is 13.3. The van der Waals surface area contributed by atoms with Gasteiger partial charge in [-0.25, -0.2) is 9.07 Å². The van der Waals surface area contributed by atoms with Crippen molar-refractivity contribution in [1.29, 1.82) is 0 Å². The van der Waals surface area contributed by atoms with Crippen LogP contribution in [0.3, 0.4) is 0 Å². The van der Waals surface area contributed by atoms with Crippen LogP contribution in [0.25, 0.3) is 5.69 Å². The lowest BCUT2D eigenvalue weighted by Gasteiger charge is -2.01. The molecule has 0 saturated heterocycles. The predicted octanol–water partition coefficient (Wildman–Crippen LogP) is 2.56. The summed E-state index contributed by atoms with van der Waals surface area (Å²) in [6, 6.07) is 4.53. The van der Waals surface area contributed by atoms with Crippen LogP contribution in [0.15, 0.2) is 24.4 Å². The third-order valence-corrected chi connectivity index (χ3v) is 2.75. The van der Waals surface area contributed by atoms with Crippen molar-refractivity contribution in [2.45, 2.75) is 19.9 Å². The average molecular weight is 269 g/mol. The molecule has 2 rings (SSSR count). The van der Waals surface area contributed by atoms with Crippen LogP contribution in [0, 0.1) is 5.82 Å². The topological polar surface area (TPSA) is 42.7 Å². The first-order chi connectivity index (χ1) is 8.70. The van der Waals surface area contributed by atoms with Gasteiger partial charge in [0.15, 0.2) is 0 Å². The summed E-state index contributed by atoms with van der Waals surface area (Å²) in [5.74, 6) is -0.463. The van der Waals surface area contributed by atoms with Crippen molar-refractivity contribution in [3.63, 3.8) is 0 Å². The molecule has 0 aliphatic carbocycles. The Bertz CT molecular complexity index is 527. The molecule has 1 heterocycles. The van der Waals surface area contributed by atoms with Crippen molar-refractivity contribution in [2.24, 2.45) is 0 Å².